The third kappa shape index (κ3) is 2.99. The van der Waals surface area contributed by atoms with Crippen LogP contribution in [0.1, 0.15) is 16.7 Å². The highest BCUT2D eigenvalue weighted by Gasteiger charge is 1.94. The Morgan fingerprint density at radius 1 is 1.12 bits per heavy atom. The van der Waals surface area contributed by atoms with Gasteiger partial charge in [-0.15, -0.1) is 0 Å². The van der Waals surface area contributed by atoms with Crippen LogP contribution in [-0.2, 0) is 0 Å². The first kappa shape index (κ1) is 11.5. The average Bonchev–Trinajstić information content (AvgIpc) is 2.31. The maximum absolute atomic E-state index is 5.78. The summed E-state index contributed by atoms with van der Waals surface area (Å²) in [4.78, 5) is 3.90. The Morgan fingerprint density at radius 3 is 2.47 bits per heavy atom. The third-order valence-corrected chi connectivity index (χ3v) is 2.55. The number of nitrogen functional groups attached to an aromatic ring is 1. The average molecular weight is 243 g/mol. The molecule has 2 nitrogen and oxygen atoms in total. The van der Waals surface area contributed by atoms with Gasteiger partial charge < -0.3 is 5.73 Å². The molecule has 0 aliphatic rings. The standard InChI is InChI=1S/C14H11ClN2/c1-10-8-11(4-5-13(10)16)2-3-12-6-7-17-14(15)9-12/h4-9H,16H2,1H3. The number of halogens is 1. The SMILES string of the molecule is Cc1cc(C#Cc2ccnc(Cl)c2)ccc1N. The second-order valence-electron chi connectivity index (χ2n) is 3.69. The van der Waals surface area contributed by atoms with Crippen LogP contribution in [0.5, 0.6) is 0 Å². The minimum atomic E-state index is 0.449. The molecule has 84 valence electrons. The van der Waals surface area contributed by atoms with Gasteiger partial charge in [0.1, 0.15) is 5.15 Å². The van der Waals surface area contributed by atoms with E-state index in [4.69, 9.17) is 17.3 Å². The lowest BCUT2D eigenvalue weighted by molar-refractivity contribution is 1.32. The first-order valence-corrected chi connectivity index (χ1v) is 5.52. The summed E-state index contributed by atoms with van der Waals surface area (Å²) in [5.74, 6) is 6.10. The molecule has 0 aliphatic carbocycles. The highest BCUT2D eigenvalue weighted by molar-refractivity contribution is 6.29. The molecule has 2 rings (SSSR count). The van der Waals surface area contributed by atoms with E-state index in [1.807, 2.05) is 31.2 Å². The van der Waals surface area contributed by atoms with Crippen LogP contribution in [0, 0.1) is 18.8 Å². The van der Waals surface area contributed by atoms with Crippen molar-refractivity contribution in [2.45, 2.75) is 6.92 Å². The van der Waals surface area contributed by atoms with Gasteiger partial charge in [-0.2, -0.15) is 0 Å². The Kier molecular flexibility index (Phi) is 3.32. The minimum Gasteiger partial charge on any atom is -0.399 e. The summed E-state index contributed by atoms with van der Waals surface area (Å²) >= 11 is 5.78. The van der Waals surface area contributed by atoms with E-state index in [1.165, 1.54) is 0 Å². The van der Waals surface area contributed by atoms with Gasteiger partial charge in [0.05, 0.1) is 0 Å². The van der Waals surface area contributed by atoms with Crippen LogP contribution >= 0.6 is 11.6 Å². The molecule has 0 amide bonds. The number of aryl methyl sites for hydroxylation is 1. The zero-order chi connectivity index (χ0) is 12.3. The normalized spacial score (nSPS) is 9.53. The van der Waals surface area contributed by atoms with Crippen LogP contribution < -0.4 is 5.73 Å². The van der Waals surface area contributed by atoms with Crippen molar-refractivity contribution in [1.29, 1.82) is 0 Å². The Labute approximate surface area is 105 Å². The van der Waals surface area contributed by atoms with Gasteiger partial charge in [0.15, 0.2) is 0 Å². The largest absolute Gasteiger partial charge is 0.399 e. The van der Waals surface area contributed by atoms with Gasteiger partial charge in [0, 0.05) is 23.0 Å². The number of rotatable bonds is 0. The van der Waals surface area contributed by atoms with Crippen LogP contribution in [0.15, 0.2) is 36.5 Å². The summed E-state index contributed by atoms with van der Waals surface area (Å²) in [6.07, 6.45) is 1.64. The first-order chi connectivity index (χ1) is 8.15. The number of hydrogen-bond acceptors (Lipinski definition) is 2. The van der Waals surface area contributed by atoms with Gasteiger partial charge in [-0.3, -0.25) is 0 Å². The summed E-state index contributed by atoms with van der Waals surface area (Å²) in [7, 11) is 0. The van der Waals surface area contributed by atoms with Gasteiger partial charge in [0.2, 0.25) is 0 Å². The first-order valence-electron chi connectivity index (χ1n) is 5.15. The molecule has 0 radical (unpaired) electrons. The molecule has 1 aromatic carbocycles. The summed E-state index contributed by atoms with van der Waals surface area (Å²) in [6, 6.07) is 9.28. The predicted molar refractivity (Wildman–Crippen MR) is 70.8 cm³/mol. The van der Waals surface area contributed by atoms with Gasteiger partial charge in [-0.1, -0.05) is 23.4 Å². The number of hydrogen-bond donors (Lipinski definition) is 1. The molecule has 17 heavy (non-hydrogen) atoms. The molecule has 2 aromatic rings. The fraction of sp³-hybridized carbons (Fsp3) is 0.0714. The van der Waals surface area contributed by atoms with Crippen LogP contribution in [0.25, 0.3) is 0 Å². The Balaban J connectivity index is 2.30. The number of nitrogens with two attached hydrogens (primary N) is 1. The predicted octanol–water partition coefficient (Wildman–Crippen LogP) is 3.03. The Morgan fingerprint density at radius 2 is 1.82 bits per heavy atom. The van der Waals surface area contributed by atoms with Crippen molar-refractivity contribution in [3.8, 4) is 11.8 Å². The molecule has 0 saturated carbocycles. The summed E-state index contributed by atoms with van der Waals surface area (Å²) in [5.41, 5.74) is 9.34. The monoisotopic (exact) mass is 242 g/mol. The van der Waals surface area contributed by atoms with Crippen molar-refractivity contribution in [1.82, 2.24) is 4.98 Å². The molecule has 3 heteroatoms. The number of anilines is 1. The summed E-state index contributed by atoms with van der Waals surface area (Å²) < 4.78 is 0. The molecule has 0 spiro atoms. The van der Waals surface area contributed by atoms with Crippen molar-refractivity contribution in [2.24, 2.45) is 0 Å². The highest BCUT2D eigenvalue weighted by Crippen LogP contribution is 2.12. The fourth-order valence-electron chi connectivity index (χ4n) is 1.38. The van der Waals surface area contributed by atoms with E-state index < -0.39 is 0 Å². The van der Waals surface area contributed by atoms with E-state index >= 15 is 0 Å². The van der Waals surface area contributed by atoms with Crippen LogP contribution in [0.4, 0.5) is 5.69 Å². The topological polar surface area (TPSA) is 38.9 Å². The van der Waals surface area contributed by atoms with Crippen LogP contribution in [-0.4, -0.2) is 4.98 Å². The highest BCUT2D eigenvalue weighted by atomic mass is 35.5. The van der Waals surface area contributed by atoms with E-state index in [2.05, 4.69) is 16.8 Å². The number of benzene rings is 1. The lowest BCUT2D eigenvalue weighted by Crippen LogP contribution is -1.89. The molecule has 0 saturated heterocycles. The molecular weight excluding hydrogens is 232 g/mol. The van der Waals surface area contributed by atoms with E-state index in [1.54, 1.807) is 12.3 Å². The molecule has 0 fully saturated rings. The zero-order valence-corrected chi connectivity index (χ0v) is 10.1. The number of pyridine rings is 1. The molecule has 2 N–H and O–H groups in total. The van der Waals surface area contributed by atoms with Gasteiger partial charge in [-0.25, -0.2) is 4.98 Å². The number of nitrogens with zero attached hydrogens (tertiary/aromatic N) is 1. The minimum absolute atomic E-state index is 0.449. The quantitative estimate of drug-likeness (QED) is 0.438. The Bertz CT molecular complexity index is 609. The molecule has 0 bridgehead atoms. The second kappa shape index (κ2) is 4.90. The van der Waals surface area contributed by atoms with E-state index in [-0.39, 0.29) is 0 Å². The van der Waals surface area contributed by atoms with Crippen molar-refractivity contribution < 1.29 is 0 Å². The summed E-state index contributed by atoms with van der Waals surface area (Å²) in [6.45, 7) is 1.96. The molecule has 1 heterocycles. The van der Waals surface area contributed by atoms with Crippen molar-refractivity contribution in [2.75, 3.05) is 5.73 Å². The lowest BCUT2D eigenvalue weighted by Gasteiger charge is -1.98. The fourth-order valence-corrected chi connectivity index (χ4v) is 1.55. The zero-order valence-electron chi connectivity index (χ0n) is 9.37. The van der Waals surface area contributed by atoms with Crippen LogP contribution in [0.3, 0.4) is 0 Å². The van der Waals surface area contributed by atoms with Crippen LogP contribution in [0.2, 0.25) is 5.15 Å². The molecule has 0 atom stereocenters. The third-order valence-electron chi connectivity index (χ3n) is 2.35. The van der Waals surface area contributed by atoms with E-state index in [9.17, 15) is 0 Å². The summed E-state index contributed by atoms with van der Waals surface area (Å²) in [5, 5.41) is 0.449. The Hall–Kier alpha value is -1.98. The smallest absolute Gasteiger partial charge is 0.130 e. The van der Waals surface area contributed by atoms with Gasteiger partial charge in [0.25, 0.3) is 0 Å². The van der Waals surface area contributed by atoms with Gasteiger partial charge in [-0.05, 0) is 42.8 Å². The van der Waals surface area contributed by atoms with E-state index in [0.717, 1.165) is 22.4 Å². The molecule has 1 aromatic heterocycles. The maximum Gasteiger partial charge on any atom is 0.130 e. The van der Waals surface area contributed by atoms with E-state index in [0.29, 0.717) is 5.15 Å². The van der Waals surface area contributed by atoms with Crippen molar-refractivity contribution >= 4 is 17.3 Å². The molecule has 0 unspecified atom stereocenters. The lowest BCUT2D eigenvalue weighted by atomic mass is 10.1. The molecule has 0 aliphatic heterocycles. The number of aromatic nitrogens is 1. The second-order valence-corrected chi connectivity index (χ2v) is 4.08. The van der Waals surface area contributed by atoms with Crippen molar-refractivity contribution in [3.63, 3.8) is 0 Å². The maximum atomic E-state index is 5.78. The van der Waals surface area contributed by atoms with Gasteiger partial charge >= 0.3 is 0 Å². The molecular formula is C14H11ClN2. The van der Waals surface area contributed by atoms with Crippen molar-refractivity contribution in [3.05, 3.63) is 58.4 Å².